The largest absolute Gasteiger partial charge is 0.367 e. The lowest BCUT2D eigenvalue weighted by atomic mass is 9.90. The fraction of sp³-hybridized carbons (Fsp3) is 0.500. The number of hydrogen-bond donors (Lipinski definition) is 0. The molecule has 2 heteroatoms. The smallest absolute Gasteiger partial charge is 0.0405 e. The van der Waals surface area contributed by atoms with E-state index in [4.69, 9.17) is 0 Å². The minimum atomic E-state index is 0.711. The zero-order valence-electron chi connectivity index (χ0n) is 15.0. The summed E-state index contributed by atoms with van der Waals surface area (Å²) in [5, 5.41) is 0. The van der Waals surface area contributed by atoms with Gasteiger partial charge in [-0.1, -0.05) is 43.0 Å². The average Bonchev–Trinajstić information content (AvgIpc) is 2.74. The molecule has 4 rings (SSSR count). The molecule has 2 heterocycles. The van der Waals surface area contributed by atoms with Crippen LogP contribution in [0, 0.1) is 13.8 Å². The van der Waals surface area contributed by atoms with E-state index in [1.165, 1.54) is 48.9 Å². The summed E-state index contributed by atoms with van der Waals surface area (Å²) in [6, 6.07) is 12.2. The van der Waals surface area contributed by atoms with Gasteiger partial charge in [-0.25, -0.2) is 0 Å². The van der Waals surface area contributed by atoms with E-state index in [0.29, 0.717) is 6.04 Å². The van der Waals surface area contributed by atoms with Crippen LogP contribution in [-0.4, -0.2) is 17.6 Å². The van der Waals surface area contributed by atoms with Crippen LogP contribution < -0.4 is 4.90 Å². The molecular weight excluding hydrogens is 292 g/mol. The van der Waals surface area contributed by atoms with Crippen LogP contribution in [0.25, 0.3) is 0 Å². The highest BCUT2D eigenvalue weighted by atomic mass is 15.2. The van der Waals surface area contributed by atoms with Crippen molar-refractivity contribution in [2.45, 2.75) is 64.3 Å². The summed E-state index contributed by atoms with van der Waals surface area (Å²) >= 11 is 0. The molecule has 0 radical (unpaired) electrons. The van der Waals surface area contributed by atoms with E-state index in [2.05, 4.69) is 54.1 Å². The number of benzene rings is 1. The molecule has 1 fully saturated rings. The van der Waals surface area contributed by atoms with Crippen LogP contribution in [0.4, 0.5) is 5.69 Å². The second-order valence-corrected chi connectivity index (χ2v) is 7.63. The molecule has 2 aliphatic rings. The summed E-state index contributed by atoms with van der Waals surface area (Å²) in [7, 11) is 0. The first-order chi connectivity index (χ1) is 11.7. The van der Waals surface area contributed by atoms with Crippen LogP contribution in [-0.2, 0) is 6.42 Å². The van der Waals surface area contributed by atoms with Crippen molar-refractivity contribution in [2.75, 3.05) is 11.4 Å². The van der Waals surface area contributed by atoms with E-state index in [-0.39, 0.29) is 0 Å². The Labute approximate surface area is 145 Å². The standard InChI is InChI=1S/C22H28N2/c1-16-8-11-22-20(14-16)19-6-4-3-5-7-21(19)24(22)13-12-18-10-9-17(2)23-15-18/h8-11,14-15,19,21H,3-7,12-13H2,1-2H3/t19-,21-/m0/s1. The predicted octanol–water partition coefficient (Wildman–Crippen LogP) is 5.18. The Hall–Kier alpha value is -1.83. The van der Waals surface area contributed by atoms with Crippen molar-refractivity contribution in [3.63, 3.8) is 0 Å². The molecule has 1 aliphatic carbocycles. The van der Waals surface area contributed by atoms with Crippen LogP contribution in [0.15, 0.2) is 36.5 Å². The van der Waals surface area contributed by atoms with Crippen LogP contribution >= 0.6 is 0 Å². The maximum Gasteiger partial charge on any atom is 0.0405 e. The van der Waals surface area contributed by atoms with Gasteiger partial charge >= 0.3 is 0 Å². The van der Waals surface area contributed by atoms with Crippen molar-refractivity contribution in [2.24, 2.45) is 0 Å². The third-order valence-electron chi connectivity index (χ3n) is 5.89. The Kier molecular flexibility index (Phi) is 4.30. The molecule has 1 saturated carbocycles. The van der Waals surface area contributed by atoms with Crippen molar-refractivity contribution >= 4 is 5.69 Å². The van der Waals surface area contributed by atoms with Crippen LogP contribution in [0.2, 0.25) is 0 Å². The van der Waals surface area contributed by atoms with Gasteiger partial charge in [-0.05, 0) is 56.4 Å². The van der Waals surface area contributed by atoms with Gasteiger partial charge in [0.15, 0.2) is 0 Å². The Morgan fingerprint density at radius 2 is 1.92 bits per heavy atom. The molecule has 1 aromatic heterocycles. The summed E-state index contributed by atoms with van der Waals surface area (Å²) in [5.74, 6) is 0.749. The molecule has 2 aromatic rings. The number of pyridine rings is 1. The topological polar surface area (TPSA) is 16.1 Å². The lowest BCUT2D eigenvalue weighted by Crippen LogP contribution is -2.35. The molecule has 24 heavy (non-hydrogen) atoms. The molecule has 1 aromatic carbocycles. The van der Waals surface area contributed by atoms with Crippen molar-refractivity contribution in [3.05, 3.63) is 58.9 Å². The zero-order valence-corrected chi connectivity index (χ0v) is 15.0. The summed E-state index contributed by atoms with van der Waals surface area (Å²) < 4.78 is 0. The van der Waals surface area contributed by atoms with E-state index < -0.39 is 0 Å². The number of fused-ring (bicyclic) bond motifs is 3. The van der Waals surface area contributed by atoms with Gasteiger partial charge in [-0.15, -0.1) is 0 Å². The highest BCUT2D eigenvalue weighted by Gasteiger charge is 2.38. The van der Waals surface area contributed by atoms with Crippen molar-refractivity contribution in [3.8, 4) is 0 Å². The summed E-state index contributed by atoms with van der Waals surface area (Å²) in [4.78, 5) is 7.17. The highest BCUT2D eigenvalue weighted by Crippen LogP contribution is 2.47. The van der Waals surface area contributed by atoms with Gasteiger partial charge in [0.2, 0.25) is 0 Å². The zero-order chi connectivity index (χ0) is 16.5. The number of nitrogens with zero attached hydrogens (tertiary/aromatic N) is 2. The first kappa shape index (κ1) is 15.7. The van der Waals surface area contributed by atoms with Crippen LogP contribution in [0.1, 0.15) is 60.4 Å². The van der Waals surface area contributed by atoms with Crippen LogP contribution in [0.5, 0.6) is 0 Å². The van der Waals surface area contributed by atoms with Gasteiger partial charge in [0, 0.05) is 36.1 Å². The molecule has 1 aliphatic heterocycles. The lowest BCUT2D eigenvalue weighted by Gasteiger charge is -2.29. The maximum atomic E-state index is 4.46. The van der Waals surface area contributed by atoms with E-state index in [1.54, 1.807) is 5.56 Å². The number of aromatic nitrogens is 1. The lowest BCUT2D eigenvalue weighted by molar-refractivity contribution is 0.498. The molecule has 0 spiro atoms. The fourth-order valence-electron chi connectivity index (χ4n) is 4.62. The quantitative estimate of drug-likeness (QED) is 0.775. The molecule has 2 nitrogen and oxygen atoms in total. The first-order valence-corrected chi connectivity index (χ1v) is 9.51. The number of anilines is 1. The molecule has 2 atom stereocenters. The van der Waals surface area contributed by atoms with E-state index in [1.807, 2.05) is 6.20 Å². The van der Waals surface area contributed by atoms with E-state index in [0.717, 1.165) is 24.6 Å². The average molecular weight is 320 g/mol. The van der Waals surface area contributed by atoms with Gasteiger partial charge < -0.3 is 4.90 Å². The summed E-state index contributed by atoms with van der Waals surface area (Å²) in [5.41, 5.74) is 6.97. The van der Waals surface area contributed by atoms with Crippen LogP contribution in [0.3, 0.4) is 0 Å². The van der Waals surface area contributed by atoms with Crippen molar-refractivity contribution in [1.82, 2.24) is 4.98 Å². The minimum Gasteiger partial charge on any atom is -0.367 e. The summed E-state index contributed by atoms with van der Waals surface area (Å²) in [6.45, 7) is 5.40. The number of rotatable bonds is 3. The van der Waals surface area contributed by atoms with Crippen molar-refractivity contribution in [1.29, 1.82) is 0 Å². The Bertz CT molecular complexity index is 704. The van der Waals surface area contributed by atoms with Crippen molar-refractivity contribution < 1.29 is 0 Å². The molecule has 0 bridgehead atoms. The Balaban J connectivity index is 1.59. The molecule has 0 N–H and O–H groups in total. The fourth-order valence-corrected chi connectivity index (χ4v) is 4.62. The van der Waals surface area contributed by atoms with E-state index >= 15 is 0 Å². The third kappa shape index (κ3) is 2.94. The molecule has 0 amide bonds. The summed E-state index contributed by atoms with van der Waals surface area (Å²) in [6.07, 6.45) is 10.0. The van der Waals surface area contributed by atoms with Gasteiger partial charge in [0.25, 0.3) is 0 Å². The van der Waals surface area contributed by atoms with Gasteiger partial charge in [0.1, 0.15) is 0 Å². The predicted molar refractivity (Wildman–Crippen MR) is 101 cm³/mol. The molecular formula is C22H28N2. The molecule has 126 valence electrons. The van der Waals surface area contributed by atoms with Gasteiger partial charge in [0.05, 0.1) is 0 Å². The normalized spacial score (nSPS) is 22.8. The molecule has 0 saturated heterocycles. The molecule has 0 unspecified atom stereocenters. The maximum absolute atomic E-state index is 4.46. The second kappa shape index (κ2) is 6.58. The first-order valence-electron chi connectivity index (χ1n) is 9.51. The SMILES string of the molecule is Cc1ccc2c(c1)[C@@H]1CCCCC[C@@H]1N2CCc1ccc(C)nc1. The third-order valence-corrected chi connectivity index (χ3v) is 5.89. The number of aryl methyl sites for hydroxylation is 2. The second-order valence-electron chi connectivity index (χ2n) is 7.63. The number of hydrogen-bond acceptors (Lipinski definition) is 2. The Morgan fingerprint density at radius 1 is 1.04 bits per heavy atom. The monoisotopic (exact) mass is 320 g/mol. The van der Waals surface area contributed by atoms with Gasteiger partial charge in [-0.2, -0.15) is 0 Å². The van der Waals surface area contributed by atoms with Gasteiger partial charge in [-0.3, -0.25) is 4.98 Å². The highest BCUT2D eigenvalue weighted by molar-refractivity contribution is 5.63. The minimum absolute atomic E-state index is 0.711. The Morgan fingerprint density at radius 3 is 2.75 bits per heavy atom. The van der Waals surface area contributed by atoms with E-state index in [9.17, 15) is 0 Å².